The molecule has 0 aromatic heterocycles. The first-order valence-electron chi connectivity index (χ1n) is 5.05. The first kappa shape index (κ1) is 16.9. The molecule has 116 valence electrons. The lowest BCUT2D eigenvalue weighted by atomic mass is 10.5. The van der Waals surface area contributed by atoms with Crippen molar-refractivity contribution < 1.29 is 39.6 Å². The molecule has 8 nitrogen and oxygen atoms in total. The summed E-state index contributed by atoms with van der Waals surface area (Å²) in [6, 6.07) is 0. The lowest BCUT2D eigenvalue weighted by Crippen LogP contribution is -2.28. The fourth-order valence-corrected chi connectivity index (χ4v) is 6.28. The van der Waals surface area contributed by atoms with Crippen molar-refractivity contribution in [2.75, 3.05) is 0 Å². The molecule has 0 spiro atoms. The van der Waals surface area contributed by atoms with Crippen LogP contribution in [0.15, 0.2) is 28.1 Å². The second-order valence-electron chi connectivity index (χ2n) is 3.48. The number of carboxylic acid groups (broad SMARTS) is 4. The standard InChI is InChI=1S/C10H4O8S4/c11-5(12)1-2(6(13)14)20-9(19-1)10-21-3(7(15)16)4(22-10)8(17)18/h(H,11,12)(H,13,14)(H,15,16)(H,17,18)/p-2. The van der Waals surface area contributed by atoms with Crippen LogP contribution >= 0.6 is 47.0 Å². The Bertz CT molecular complexity index is 600. The molecule has 0 aromatic rings. The van der Waals surface area contributed by atoms with Crippen molar-refractivity contribution in [2.24, 2.45) is 0 Å². The molecule has 12 heteroatoms. The van der Waals surface area contributed by atoms with Gasteiger partial charge in [-0.3, -0.25) is 0 Å². The molecule has 0 bridgehead atoms. The zero-order valence-corrected chi connectivity index (χ0v) is 13.2. The molecule has 2 N–H and O–H groups in total. The number of hydrogen-bond acceptors (Lipinski definition) is 10. The van der Waals surface area contributed by atoms with Crippen LogP contribution in [0.1, 0.15) is 0 Å². The Morgan fingerprint density at radius 3 is 1.14 bits per heavy atom. The smallest absolute Gasteiger partial charge is 0.344 e. The fraction of sp³-hybridized carbons (Fsp3) is 0. The lowest BCUT2D eigenvalue weighted by Gasteiger charge is -2.05. The van der Waals surface area contributed by atoms with Crippen LogP contribution in [0.4, 0.5) is 0 Å². The summed E-state index contributed by atoms with van der Waals surface area (Å²) in [5.41, 5.74) is 0. The molecule has 0 amide bonds. The lowest BCUT2D eigenvalue weighted by molar-refractivity contribution is -0.302. The molecule has 2 rings (SSSR count). The van der Waals surface area contributed by atoms with Gasteiger partial charge in [-0.05, 0) is 0 Å². The van der Waals surface area contributed by atoms with E-state index in [0.717, 1.165) is 0 Å². The van der Waals surface area contributed by atoms with Gasteiger partial charge in [-0.25, -0.2) is 9.59 Å². The van der Waals surface area contributed by atoms with E-state index in [-0.39, 0.29) is 8.47 Å². The highest BCUT2D eigenvalue weighted by Gasteiger charge is 2.35. The van der Waals surface area contributed by atoms with Crippen molar-refractivity contribution in [2.45, 2.75) is 0 Å². The number of carbonyl (C=O) groups is 4. The minimum absolute atomic E-state index is 0.156. The molecule has 0 aliphatic carbocycles. The molecule has 0 saturated carbocycles. The van der Waals surface area contributed by atoms with Gasteiger partial charge in [0.15, 0.2) is 0 Å². The van der Waals surface area contributed by atoms with Gasteiger partial charge in [0.25, 0.3) is 0 Å². The summed E-state index contributed by atoms with van der Waals surface area (Å²) in [5, 5.41) is 39.7. The van der Waals surface area contributed by atoms with Crippen molar-refractivity contribution in [3.05, 3.63) is 28.1 Å². The second kappa shape index (κ2) is 6.32. The monoisotopic (exact) mass is 378 g/mol. The summed E-state index contributed by atoms with van der Waals surface area (Å²) in [4.78, 5) is 41.9. The average molecular weight is 378 g/mol. The van der Waals surface area contributed by atoms with E-state index in [4.69, 9.17) is 10.2 Å². The Balaban J connectivity index is 2.35. The second-order valence-corrected chi connectivity index (χ2v) is 8.08. The molecule has 0 aromatic carbocycles. The fourth-order valence-electron chi connectivity index (χ4n) is 1.31. The van der Waals surface area contributed by atoms with E-state index >= 15 is 0 Å². The van der Waals surface area contributed by atoms with E-state index < -0.39 is 43.5 Å². The Kier molecular flexibility index (Phi) is 4.84. The maximum atomic E-state index is 11.0. The molecule has 2 aliphatic heterocycles. The summed E-state index contributed by atoms with van der Waals surface area (Å²) in [6.07, 6.45) is 0. The van der Waals surface area contributed by atoms with E-state index in [9.17, 15) is 29.4 Å². The maximum Gasteiger partial charge on any atom is 0.344 e. The van der Waals surface area contributed by atoms with Crippen molar-refractivity contribution >= 4 is 70.9 Å². The number of hydrogen-bond donors (Lipinski definition) is 2. The Morgan fingerprint density at radius 1 is 0.636 bits per heavy atom. The van der Waals surface area contributed by atoms with E-state index in [1.165, 1.54) is 0 Å². The summed E-state index contributed by atoms with van der Waals surface area (Å²) in [6.45, 7) is 0. The molecular weight excluding hydrogens is 376 g/mol. The van der Waals surface area contributed by atoms with Gasteiger partial charge in [0, 0.05) is 0 Å². The number of carboxylic acids is 4. The van der Waals surface area contributed by atoms with Crippen LogP contribution in [0, 0.1) is 0 Å². The van der Waals surface area contributed by atoms with Gasteiger partial charge in [-0.1, -0.05) is 47.0 Å². The third-order valence-electron chi connectivity index (χ3n) is 2.12. The predicted octanol–water partition coefficient (Wildman–Crippen LogP) is -0.835. The van der Waals surface area contributed by atoms with Gasteiger partial charge in [0.1, 0.15) is 9.81 Å². The molecule has 0 radical (unpaired) electrons. The van der Waals surface area contributed by atoms with Crippen LogP contribution in [0.25, 0.3) is 0 Å². The molecule has 0 fully saturated rings. The molecule has 2 aliphatic rings. The van der Waals surface area contributed by atoms with Crippen molar-refractivity contribution in [3.63, 3.8) is 0 Å². The number of aliphatic carboxylic acids is 4. The topological polar surface area (TPSA) is 155 Å². The largest absolute Gasteiger partial charge is 0.544 e. The van der Waals surface area contributed by atoms with E-state index in [2.05, 4.69) is 0 Å². The van der Waals surface area contributed by atoms with Gasteiger partial charge < -0.3 is 30.0 Å². The third kappa shape index (κ3) is 3.14. The molecule has 22 heavy (non-hydrogen) atoms. The van der Waals surface area contributed by atoms with Crippen LogP contribution < -0.4 is 10.2 Å². The number of thioether (sulfide) groups is 4. The molecular formula is C10H2O8S4-2. The zero-order chi connectivity index (χ0) is 16.6. The highest BCUT2D eigenvalue weighted by molar-refractivity contribution is 8.35. The Hall–Kier alpha value is -1.50. The normalized spacial score (nSPS) is 18.2. The van der Waals surface area contributed by atoms with Crippen molar-refractivity contribution in [3.8, 4) is 0 Å². The van der Waals surface area contributed by atoms with Crippen LogP contribution in [0.3, 0.4) is 0 Å². The summed E-state index contributed by atoms with van der Waals surface area (Å²) >= 11 is 2.38. The van der Waals surface area contributed by atoms with E-state index in [0.29, 0.717) is 47.0 Å². The minimum atomic E-state index is -1.70. The SMILES string of the molecule is O=C([O-])C1=C(C(=O)[O-])SC(=C2SC(C(=O)O)=C(C(=O)O)S2)S1. The predicted molar refractivity (Wildman–Crippen MR) is 76.7 cm³/mol. The minimum Gasteiger partial charge on any atom is -0.544 e. The highest BCUT2D eigenvalue weighted by Crippen LogP contribution is 2.59. The molecule has 0 atom stereocenters. The van der Waals surface area contributed by atoms with E-state index in [1.807, 2.05) is 0 Å². The first-order valence-corrected chi connectivity index (χ1v) is 8.32. The van der Waals surface area contributed by atoms with Crippen LogP contribution in [-0.4, -0.2) is 34.1 Å². The summed E-state index contributed by atoms with van der Waals surface area (Å²) in [7, 11) is 0. The quantitative estimate of drug-likeness (QED) is 0.627. The van der Waals surface area contributed by atoms with Gasteiger partial charge in [0.05, 0.1) is 30.2 Å². The van der Waals surface area contributed by atoms with Gasteiger partial charge in [-0.2, -0.15) is 0 Å². The van der Waals surface area contributed by atoms with Crippen molar-refractivity contribution in [1.82, 2.24) is 0 Å². The Morgan fingerprint density at radius 2 is 0.909 bits per heavy atom. The number of carbonyl (C=O) groups excluding carboxylic acids is 2. The molecule has 2 heterocycles. The van der Waals surface area contributed by atoms with Crippen molar-refractivity contribution in [1.29, 1.82) is 0 Å². The number of rotatable bonds is 4. The first-order chi connectivity index (χ1) is 10.2. The van der Waals surface area contributed by atoms with Crippen LogP contribution in [-0.2, 0) is 19.2 Å². The van der Waals surface area contributed by atoms with Crippen LogP contribution in [0.2, 0.25) is 0 Å². The molecule has 0 unspecified atom stereocenters. The Labute approximate surface area is 138 Å². The third-order valence-corrected chi connectivity index (χ3v) is 7.77. The van der Waals surface area contributed by atoms with E-state index in [1.54, 1.807) is 0 Å². The van der Waals surface area contributed by atoms with Gasteiger partial charge >= 0.3 is 11.9 Å². The summed E-state index contributed by atoms with van der Waals surface area (Å²) < 4.78 is 0.336. The average Bonchev–Trinajstić information content (AvgIpc) is 3.02. The maximum absolute atomic E-state index is 11.0. The van der Waals surface area contributed by atoms with Gasteiger partial charge in [0.2, 0.25) is 0 Å². The molecule has 0 saturated heterocycles. The zero-order valence-electron chi connectivity index (χ0n) is 9.98. The highest BCUT2D eigenvalue weighted by atomic mass is 32.2. The van der Waals surface area contributed by atoms with Crippen LogP contribution in [0.5, 0.6) is 0 Å². The van der Waals surface area contributed by atoms with Gasteiger partial charge in [-0.15, -0.1) is 0 Å². The summed E-state index contributed by atoms with van der Waals surface area (Å²) in [5.74, 6) is -6.28.